The van der Waals surface area contributed by atoms with Gasteiger partial charge in [-0.3, -0.25) is 0 Å². The van der Waals surface area contributed by atoms with Gasteiger partial charge in [0.15, 0.2) is 11.5 Å². The van der Waals surface area contributed by atoms with Crippen molar-refractivity contribution in [1.82, 2.24) is 29.9 Å². The molecule has 1 saturated heterocycles. The molecule has 0 radical (unpaired) electrons. The molecular formula is C20H20Cl2F3N7O. The van der Waals surface area contributed by atoms with Crippen molar-refractivity contribution in [2.75, 3.05) is 18.0 Å². The minimum atomic E-state index is -4.39. The number of aliphatic hydroxyl groups is 1. The lowest BCUT2D eigenvalue weighted by molar-refractivity contribution is -0.137. The van der Waals surface area contributed by atoms with Crippen LogP contribution in [0.4, 0.5) is 19.0 Å². The lowest BCUT2D eigenvalue weighted by Gasteiger charge is -2.37. The van der Waals surface area contributed by atoms with E-state index in [2.05, 4.69) is 29.9 Å². The Morgan fingerprint density at radius 1 is 0.970 bits per heavy atom. The number of aromatic nitrogens is 6. The highest BCUT2D eigenvalue weighted by Crippen LogP contribution is 2.35. The molecule has 4 aromatic rings. The number of aromatic amines is 2. The number of hydrogen-bond donors (Lipinski definition) is 3. The summed E-state index contributed by atoms with van der Waals surface area (Å²) in [7, 11) is 0. The number of rotatable bonds is 3. The molecule has 0 bridgehead atoms. The largest absolute Gasteiger partial charge is 0.416 e. The summed E-state index contributed by atoms with van der Waals surface area (Å²) in [6.45, 7) is 1.07. The van der Waals surface area contributed by atoms with Gasteiger partial charge >= 0.3 is 6.18 Å². The Morgan fingerprint density at radius 2 is 1.67 bits per heavy atom. The van der Waals surface area contributed by atoms with E-state index in [0.29, 0.717) is 60.0 Å². The Labute approximate surface area is 198 Å². The zero-order valence-corrected chi connectivity index (χ0v) is 18.6. The molecule has 0 spiro atoms. The minimum absolute atomic E-state index is 0. The van der Waals surface area contributed by atoms with E-state index >= 15 is 0 Å². The number of nitrogens with zero attached hydrogens (tertiary/aromatic N) is 5. The molecule has 3 aromatic heterocycles. The Morgan fingerprint density at radius 3 is 2.33 bits per heavy atom. The molecule has 13 heteroatoms. The van der Waals surface area contributed by atoms with Crippen molar-refractivity contribution >= 4 is 41.8 Å². The molecule has 3 N–H and O–H groups in total. The molecule has 1 aromatic carbocycles. The maximum atomic E-state index is 12.8. The zero-order chi connectivity index (χ0) is 21.6. The summed E-state index contributed by atoms with van der Waals surface area (Å²) in [6, 6.07) is 4.79. The quantitative estimate of drug-likeness (QED) is 0.390. The van der Waals surface area contributed by atoms with Gasteiger partial charge in [-0.1, -0.05) is 12.1 Å². The van der Waals surface area contributed by atoms with Crippen LogP contribution in [0.25, 0.3) is 22.4 Å². The molecule has 1 aliphatic rings. The first-order chi connectivity index (χ1) is 14.8. The van der Waals surface area contributed by atoms with Crippen molar-refractivity contribution in [2.45, 2.75) is 24.6 Å². The highest BCUT2D eigenvalue weighted by atomic mass is 35.5. The summed E-state index contributed by atoms with van der Waals surface area (Å²) in [4.78, 5) is 25.2. The number of hydrogen-bond acceptors (Lipinski definition) is 6. The Bertz CT molecular complexity index is 1220. The number of fused-ring (bicyclic) bond motifs is 1. The van der Waals surface area contributed by atoms with Crippen LogP contribution in [0.1, 0.15) is 24.2 Å². The predicted molar refractivity (Wildman–Crippen MR) is 121 cm³/mol. The van der Waals surface area contributed by atoms with Crippen molar-refractivity contribution in [3.05, 3.63) is 54.5 Å². The Balaban J connectivity index is 0.00000153. The molecule has 4 heterocycles. The van der Waals surface area contributed by atoms with E-state index in [1.54, 1.807) is 12.5 Å². The summed E-state index contributed by atoms with van der Waals surface area (Å²) < 4.78 is 38.3. The number of piperidine rings is 1. The summed E-state index contributed by atoms with van der Waals surface area (Å²) in [6.07, 6.45) is 1.06. The van der Waals surface area contributed by atoms with Crippen LogP contribution in [0, 0.1) is 0 Å². The molecule has 176 valence electrons. The lowest BCUT2D eigenvalue weighted by Crippen LogP contribution is -2.43. The Hall–Kier alpha value is -2.89. The maximum Gasteiger partial charge on any atom is 0.416 e. The first-order valence-corrected chi connectivity index (χ1v) is 9.68. The number of H-pyrrole nitrogens is 2. The molecule has 0 atom stereocenters. The average molecular weight is 502 g/mol. The first kappa shape index (κ1) is 24.7. The zero-order valence-electron chi connectivity index (χ0n) is 17.0. The summed E-state index contributed by atoms with van der Waals surface area (Å²) in [5.41, 5.74) is 0.465. The Kier molecular flexibility index (Phi) is 6.87. The fraction of sp³-hybridized carbons (Fsp3) is 0.300. The molecule has 8 nitrogen and oxygen atoms in total. The second kappa shape index (κ2) is 9.16. The molecular weight excluding hydrogens is 482 g/mol. The molecule has 1 fully saturated rings. The molecule has 0 saturated carbocycles. The molecule has 5 rings (SSSR count). The van der Waals surface area contributed by atoms with Crippen LogP contribution in [0.5, 0.6) is 0 Å². The summed E-state index contributed by atoms with van der Waals surface area (Å²) in [5.74, 6) is 1.10. The summed E-state index contributed by atoms with van der Waals surface area (Å²) >= 11 is 0. The second-order valence-corrected chi connectivity index (χ2v) is 7.53. The van der Waals surface area contributed by atoms with E-state index in [4.69, 9.17) is 0 Å². The molecule has 1 aliphatic heterocycles. The second-order valence-electron chi connectivity index (χ2n) is 7.53. The van der Waals surface area contributed by atoms with Crippen LogP contribution in [0.3, 0.4) is 0 Å². The fourth-order valence-electron chi connectivity index (χ4n) is 3.85. The molecule has 0 aliphatic carbocycles. The van der Waals surface area contributed by atoms with Gasteiger partial charge in [-0.2, -0.15) is 13.2 Å². The number of benzene rings is 1. The highest BCUT2D eigenvalue weighted by Gasteiger charge is 2.37. The van der Waals surface area contributed by atoms with Gasteiger partial charge in [0, 0.05) is 37.7 Å². The average Bonchev–Trinajstić information content (AvgIpc) is 3.44. The van der Waals surface area contributed by atoms with E-state index in [-0.39, 0.29) is 24.8 Å². The lowest BCUT2D eigenvalue weighted by atomic mass is 9.90. The van der Waals surface area contributed by atoms with Crippen molar-refractivity contribution in [3.63, 3.8) is 0 Å². The first-order valence-electron chi connectivity index (χ1n) is 9.68. The topological polar surface area (TPSA) is 107 Å². The van der Waals surface area contributed by atoms with Crippen LogP contribution >= 0.6 is 24.8 Å². The SMILES string of the molecule is Cl.Cl.OC1(c2nc(-c3ccc(C(F)(F)F)cc3)c[nH]2)CCN(c2ncnc3[nH]cnc23)CC1. The van der Waals surface area contributed by atoms with Gasteiger partial charge in [0.1, 0.15) is 23.3 Å². The van der Waals surface area contributed by atoms with E-state index in [1.807, 2.05) is 4.90 Å². The molecule has 33 heavy (non-hydrogen) atoms. The van der Waals surface area contributed by atoms with E-state index in [0.717, 1.165) is 12.1 Å². The van der Waals surface area contributed by atoms with E-state index in [1.165, 1.54) is 18.5 Å². The number of anilines is 1. The third-order valence-electron chi connectivity index (χ3n) is 5.61. The van der Waals surface area contributed by atoms with Crippen LogP contribution in [0.2, 0.25) is 0 Å². The molecule has 0 unspecified atom stereocenters. The number of alkyl halides is 3. The van der Waals surface area contributed by atoms with Gasteiger partial charge < -0.3 is 20.0 Å². The van der Waals surface area contributed by atoms with Crippen LogP contribution in [0.15, 0.2) is 43.1 Å². The summed E-state index contributed by atoms with van der Waals surface area (Å²) in [5, 5.41) is 11.2. The van der Waals surface area contributed by atoms with Crippen molar-refractivity contribution in [3.8, 4) is 11.3 Å². The van der Waals surface area contributed by atoms with Gasteiger partial charge in [-0.15, -0.1) is 24.8 Å². The predicted octanol–water partition coefficient (Wildman–Crippen LogP) is 4.09. The normalized spacial score (nSPS) is 15.7. The van der Waals surface area contributed by atoms with Crippen molar-refractivity contribution < 1.29 is 18.3 Å². The number of imidazole rings is 2. The van der Waals surface area contributed by atoms with Crippen LogP contribution < -0.4 is 4.90 Å². The highest BCUT2D eigenvalue weighted by molar-refractivity contribution is 5.85. The van der Waals surface area contributed by atoms with Gasteiger partial charge in [0.2, 0.25) is 0 Å². The monoisotopic (exact) mass is 501 g/mol. The fourth-order valence-corrected chi connectivity index (χ4v) is 3.85. The maximum absolute atomic E-state index is 12.8. The number of nitrogens with one attached hydrogen (secondary N) is 2. The van der Waals surface area contributed by atoms with Crippen LogP contribution in [-0.4, -0.2) is 48.1 Å². The van der Waals surface area contributed by atoms with Crippen molar-refractivity contribution in [1.29, 1.82) is 0 Å². The van der Waals surface area contributed by atoms with Gasteiger partial charge in [0.25, 0.3) is 0 Å². The third-order valence-corrected chi connectivity index (χ3v) is 5.61. The van der Waals surface area contributed by atoms with Gasteiger partial charge in [-0.25, -0.2) is 19.9 Å². The third kappa shape index (κ3) is 4.61. The van der Waals surface area contributed by atoms with E-state index in [9.17, 15) is 18.3 Å². The minimum Gasteiger partial charge on any atom is -0.382 e. The van der Waals surface area contributed by atoms with Crippen molar-refractivity contribution in [2.24, 2.45) is 0 Å². The standard InChI is InChI=1S/C20H18F3N7O.2ClH/c21-20(22,23)13-3-1-12(2-4-13)14-9-24-18(29-14)19(31)5-7-30(8-6-19)17-15-16(26-10-25-15)27-11-28-17;;/h1-4,9-11,31H,5-8H2,(H,24,29)(H,25,26,27,28);2*1H. The molecule has 0 amide bonds. The van der Waals surface area contributed by atoms with E-state index < -0.39 is 17.3 Å². The number of halogens is 5. The van der Waals surface area contributed by atoms with Gasteiger partial charge in [-0.05, 0) is 12.1 Å². The smallest absolute Gasteiger partial charge is 0.382 e. The van der Waals surface area contributed by atoms with Crippen LogP contribution in [-0.2, 0) is 11.8 Å². The van der Waals surface area contributed by atoms with Gasteiger partial charge in [0.05, 0.1) is 17.6 Å².